The van der Waals surface area contributed by atoms with Gasteiger partial charge in [0.25, 0.3) is 0 Å². The number of H-pyrrole nitrogens is 1. The van der Waals surface area contributed by atoms with Crippen molar-refractivity contribution in [2.75, 3.05) is 6.61 Å². The number of rotatable bonds is 4. The summed E-state index contributed by atoms with van der Waals surface area (Å²) in [5, 5.41) is 0. The summed E-state index contributed by atoms with van der Waals surface area (Å²) in [5.41, 5.74) is 0.498. The average molecular weight is 282 g/mol. The van der Waals surface area contributed by atoms with Crippen LogP contribution in [-0.2, 0) is 11.3 Å². The van der Waals surface area contributed by atoms with Crippen molar-refractivity contribution in [2.24, 2.45) is 0 Å². The van der Waals surface area contributed by atoms with Crippen LogP contribution in [0.4, 0.5) is 8.78 Å². The summed E-state index contributed by atoms with van der Waals surface area (Å²) in [6.45, 7) is 2.62. The number of aromatic amines is 1. The molecule has 0 radical (unpaired) electrons. The molecule has 100 valence electrons. The molecule has 6 heteroatoms. The fourth-order valence-electron chi connectivity index (χ4n) is 1.62. The van der Waals surface area contributed by atoms with Crippen molar-refractivity contribution in [2.45, 2.75) is 13.5 Å². The van der Waals surface area contributed by atoms with Gasteiger partial charge >= 0.3 is 0 Å². The highest BCUT2D eigenvalue weighted by atomic mass is 32.1. The fourth-order valence-corrected chi connectivity index (χ4v) is 1.85. The Balaban J connectivity index is 2.46. The van der Waals surface area contributed by atoms with E-state index in [1.54, 1.807) is 0 Å². The number of nitrogens with one attached hydrogen (secondary N) is 1. The quantitative estimate of drug-likeness (QED) is 0.870. The topological polar surface area (TPSA) is 37.9 Å². The van der Waals surface area contributed by atoms with Crippen LogP contribution in [0.3, 0.4) is 0 Å². The lowest BCUT2D eigenvalue weighted by Crippen LogP contribution is -2.01. The molecule has 0 aliphatic rings. The van der Waals surface area contributed by atoms with Crippen LogP contribution < -0.4 is 0 Å². The van der Waals surface area contributed by atoms with Gasteiger partial charge in [0.2, 0.25) is 0 Å². The molecule has 0 bridgehead atoms. The van der Waals surface area contributed by atoms with Crippen LogP contribution in [0.25, 0.3) is 11.3 Å². The first kappa shape index (κ1) is 13.8. The molecule has 3 nitrogen and oxygen atoms in total. The van der Waals surface area contributed by atoms with Gasteiger partial charge in [-0.05, 0) is 31.2 Å². The highest BCUT2D eigenvalue weighted by Crippen LogP contribution is 2.22. The van der Waals surface area contributed by atoms with E-state index in [-0.39, 0.29) is 12.2 Å². The first-order chi connectivity index (χ1) is 9.10. The molecule has 0 saturated carbocycles. The monoisotopic (exact) mass is 282 g/mol. The van der Waals surface area contributed by atoms with Crippen molar-refractivity contribution in [3.8, 4) is 11.3 Å². The highest BCUT2D eigenvalue weighted by molar-refractivity contribution is 7.71. The predicted octanol–water partition coefficient (Wildman–Crippen LogP) is 3.62. The van der Waals surface area contributed by atoms with Crippen molar-refractivity contribution in [1.82, 2.24) is 9.97 Å². The molecule has 0 amide bonds. The van der Waals surface area contributed by atoms with Gasteiger partial charge in [-0.15, -0.1) is 0 Å². The zero-order chi connectivity index (χ0) is 13.8. The van der Waals surface area contributed by atoms with Crippen molar-refractivity contribution in [3.05, 3.63) is 46.4 Å². The SMILES string of the molecule is CCOCc1nc(=S)cc(-c2cc(F)ccc2F)[nH]1. The van der Waals surface area contributed by atoms with Crippen LogP contribution in [-0.4, -0.2) is 16.6 Å². The van der Waals surface area contributed by atoms with E-state index in [0.717, 1.165) is 18.2 Å². The highest BCUT2D eigenvalue weighted by Gasteiger charge is 2.09. The largest absolute Gasteiger partial charge is 0.374 e. The van der Waals surface area contributed by atoms with Crippen LogP contribution in [0.2, 0.25) is 0 Å². The average Bonchev–Trinajstić information content (AvgIpc) is 2.38. The van der Waals surface area contributed by atoms with Crippen molar-refractivity contribution < 1.29 is 13.5 Å². The number of hydrogen-bond donors (Lipinski definition) is 1. The summed E-state index contributed by atoms with van der Waals surface area (Å²) in [5.74, 6) is -0.562. The zero-order valence-electron chi connectivity index (χ0n) is 10.2. The van der Waals surface area contributed by atoms with Gasteiger partial charge in [-0.1, -0.05) is 12.2 Å². The Labute approximate surface area is 114 Å². The third-order valence-corrected chi connectivity index (χ3v) is 2.66. The molecule has 0 aliphatic heterocycles. The Morgan fingerprint density at radius 3 is 2.84 bits per heavy atom. The lowest BCUT2D eigenvalue weighted by molar-refractivity contribution is 0.128. The van der Waals surface area contributed by atoms with E-state index in [9.17, 15) is 8.78 Å². The maximum Gasteiger partial charge on any atom is 0.134 e. The number of hydrogen-bond acceptors (Lipinski definition) is 3. The molecular formula is C13H12F2N2OS. The minimum atomic E-state index is -0.527. The predicted molar refractivity (Wildman–Crippen MR) is 70.1 cm³/mol. The van der Waals surface area contributed by atoms with Gasteiger partial charge in [0, 0.05) is 12.2 Å². The smallest absolute Gasteiger partial charge is 0.134 e. The molecule has 0 fully saturated rings. The minimum Gasteiger partial charge on any atom is -0.374 e. The van der Waals surface area contributed by atoms with Gasteiger partial charge in [-0.25, -0.2) is 13.8 Å². The van der Waals surface area contributed by atoms with Crippen molar-refractivity contribution in [3.63, 3.8) is 0 Å². The third kappa shape index (κ3) is 3.42. The number of nitrogens with zero attached hydrogens (tertiary/aromatic N) is 1. The number of halogens is 2. The molecule has 2 aromatic rings. The van der Waals surface area contributed by atoms with E-state index < -0.39 is 11.6 Å². The molecule has 1 aromatic heterocycles. The summed E-state index contributed by atoms with van der Waals surface area (Å²) in [6, 6.07) is 4.74. The zero-order valence-corrected chi connectivity index (χ0v) is 11.1. The van der Waals surface area contributed by atoms with Crippen molar-refractivity contribution >= 4 is 12.2 Å². The van der Waals surface area contributed by atoms with E-state index in [1.807, 2.05) is 6.92 Å². The van der Waals surface area contributed by atoms with Crippen LogP contribution in [0.1, 0.15) is 12.7 Å². The maximum atomic E-state index is 13.7. The molecule has 19 heavy (non-hydrogen) atoms. The number of benzene rings is 1. The summed E-state index contributed by atoms with van der Waals surface area (Å²) >= 11 is 5.01. The standard InChI is InChI=1S/C13H12F2N2OS/c1-2-18-7-12-16-11(6-13(19)17-12)9-5-8(14)3-4-10(9)15/h3-6H,2,7H2,1H3,(H,16,17,19). The Morgan fingerprint density at radius 2 is 2.11 bits per heavy atom. The minimum absolute atomic E-state index is 0.117. The first-order valence-corrected chi connectivity index (χ1v) is 6.14. The summed E-state index contributed by atoms with van der Waals surface area (Å²) in [4.78, 5) is 6.96. The number of aromatic nitrogens is 2. The van der Waals surface area contributed by atoms with Gasteiger partial charge in [0.1, 0.15) is 28.7 Å². The maximum absolute atomic E-state index is 13.7. The lowest BCUT2D eigenvalue weighted by Gasteiger charge is -2.07. The molecule has 1 aromatic carbocycles. The van der Waals surface area contributed by atoms with E-state index in [0.29, 0.717) is 22.8 Å². The Hall–Kier alpha value is -1.66. The van der Waals surface area contributed by atoms with Gasteiger partial charge in [0.15, 0.2) is 0 Å². The van der Waals surface area contributed by atoms with E-state index in [2.05, 4.69) is 9.97 Å². The van der Waals surface area contributed by atoms with Crippen LogP contribution >= 0.6 is 12.2 Å². The lowest BCUT2D eigenvalue weighted by atomic mass is 10.1. The third-order valence-electron chi connectivity index (χ3n) is 2.45. The molecule has 1 N–H and O–H groups in total. The summed E-state index contributed by atoms with van der Waals surface area (Å²) < 4.78 is 32.4. The van der Waals surface area contributed by atoms with Gasteiger partial charge in [-0.3, -0.25) is 0 Å². The van der Waals surface area contributed by atoms with Crippen LogP contribution in [0.15, 0.2) is 24.3 Å². The second-order valence-electron chi connectivity index (χ2n) is 3.84. The molecule has 0 spiro atoms. The molecule has 0 saturated heterocycles. The van der Waals surface area contributed by atoms with E-state index in [4.69, 9.17) is 17.0 Å². The number of ether oxygens (including phenoxy) is 1. The van der Waals surface area contributed by atoms with E-state index >= 15 is 0 Å². The van der Waals surface area contributed by atoms with Gasteiger partial charge in [-0.2, -0.15) is 0 Å². The van der Waals surface area contributed by atoms with E-state index in [1.165, 1.54) is 6.07 Å². The van der Waals surface area contributed by atoms with Crippen LogP contribution in [0.5, 0.6) is 0 Å². The molecule has 1 heterocycles. The molecule has 0 unspecified atom stereocenters. The first-order valence-electron chi connectivity index (χ1n) is 5.73. The Bertz CT molecular complexity index is 643. The van der Waals surface area contributed by atoms with Gasteiger partial charge in [0.05, 0.1) is 5.69 Å². The Kier molecular flexibility index (Phi) is 4.34. The molecule has 2 rings (SSSR count). The second-order valence-corrected chi connectivity index (χ2v) is 4.26. The van der Waals surface area contributed by atoms with Crippen LogP contribution in [0, 0.1) is 16.3 Å². The van der Waals surface area contributed by atoms with Crippen molar-refractivity contribution in [1.29, 1.82) is 0 Å². The molecular weight excluding hydrogens is 270 g/mol. The Morgan fingerprint density at radius 1 is 1.32 bits per heavy atom. The fraction of sp³-hybridized carbons (Fsp3) is 0.231. The molecule has 0 aliphatic carbocycles. The summed E-state index contributed by atoms with van der Waals surface area (Å²) in [6.07, 6.45) is 0. The summed E-state index contributed by atoms with van der Waals surface area (Å²) in [7, 11) is 0. The second kappa shape index (κ2) is 5.99. The normalized spacial score (nSPS) is 10.7. The molecule has 0 atom stereocenters. The van der Waals surface area contributed by atoms with Gasteiger partial charge < -0.3 is 9.72 Å².